The topological polar surface area (TPSA) is 41.6 Å². The fraction of sp³-hybridized carbons (Fsp3) is 0.588. The molecule has 2 heterocycles. The Morgan fingerprint density at radius 1 is 1.33 bits per heavy atom. The lowest BCUT2D eigenvalue weighted by atomic mass is 9.94. The van der Waals surface area contributed by atoms with E-state index in [9.17, 15) is 4.79 Å². The zero-order chi connectivity index (χ0) is 14.7. The minimum atomic E-state index is 0.294. The molecular formula is C17H24N2O2. The minimum absolute atomic E-state index is 0.294. The molecule has 114 valence electrons. The molecule has 4 nitrogen and oxygen atoms in total. The van der Waals surface area contributed by atoms with E-state index in [0.29, 0.717) is 24.3 Å². The summed E-state index contributed by atoms with van der Waals surface area (Å²) in [7, 11) is 1.67. The Bertz CT molecular complexity index is 472. The van der Waals surface area contributed by atoms with E-state index in [0.717, 1.165) is 31.8 Å². The molecule has 1 aromatic rings. The Kier molecular flexibility index (Phi) is 4.44. The molecule has 2 saturated heterocycles. The minimum Gasteiger partial charge on any atom is -0.497 e. The number of nitrogens with zero attached hydrogens (tertiary/aromatic N) is 1. The highest BCUT2D eigenvalue weighted by Gasteiger charge is 2.35. The molecule has 21 heavy (non-hydrogen) atoms. The molecule has 1 aromatic carbocycles. The number of carbonyl (C=O) groups is 1. The van der Waals surface area contributed by atoms with Gasteiger partial charge >= 0.3 is 0 Å². The standard InChI is InChI=1S/C17H24N2O2/c1-21-15-7-4-13(5-8-15)6-9-17(20)19-11-14-3-2-10-18-16(14)12-19/h4-5,7-8,14,16,18H,2-3,6,9-12H2,1H3. The number of amides is 1. The average Bonchev–Trinajstić information content (AvgIpc) is 2.97. The van der Waals surface area contributed by atoms with Gasteiger partial charge < -0.3 is 15.0 Å². The number of rotatable bonds is 4. The molecule has 2 aliphatic rings. The van der Waals surface area contributed by atoms with E-state index in [1.807, 2.05) is 24.3 Å². The summed E-state index contributed by atoms with van der Waals surface area (Å²) in [5.74, 6) is 1.82. The molecule has 4 heteroatoms. The van der Waals surface area contributed by atoms with Crippen LogP contribution in [0.25, 0.3) is 0 Å². The molecule has 0 saturated carbocycles. The monoisotopic (exact) mass is 288 g/mol. The zero-order valence-corrected chi connectivity index (χ0v) is 12.7. The lowest BCUT2D eigenvalue weighted by Crippen LogP contribution is -2.41. The van der Waals surface area contributed by atoms with Gasteiger partial charge in [-0.1, -0.05) is 12.1 Å². The van der Waals surface area contributed by atoms with Crippen LogP contribution < -0.4 is 10.1 Å². The van der Waals surface area contributed by atoms with Crippen molar-refractivity contribution in [2.45, 2.75) is 31.7 Å². The highest BCUT2D eigenvalue weighted by molar-refractivity contribution is 5.77. The van der Waals surface area contributed by atoms with E-state index in [1.165, 1.54) is 18.4 Å². The number of likely N-dealkylation sites (tertiary alicyclic amines) is 1. The maximum Gasteiger partial charge on any atom is 0.222 e. The first-order valence-corrected chi connectivity index (χ1v) is 7.90. The summed E-state index contributed by atoms with van der Waals surface area (Å²) < 4.78 is 5.15. The van der Waals surface area contributed by atoms with Crippen LogP contribution in [0.1, 0.15) is 24.8 Å². The van der Waals surface area contributed by atoms with Gasteiger partial charge in [-0.2, -0.15) is 0 Å². The number of aryl methyl sites for hydroxylation is 1. The van der Waals surface area contributed by atoms with Crippen LogP contribution >= 0.6 is 0 Å². The number of ether oxygens (including phenoxy) is 1. The van der Waals surface area contributed by atoms with Crippen LogP contribution in [0.3, 0.4) is 0 Å². The number of methoxy groups -OCH3 is 1. The molecule has 2 atom stereocenters. The fourth-order valence-electron chi connectivity index (χ4n) is 3.45. The third kappa shape index (κ3) is 3.38. The lowest BCUT2D eigenvalue weighted by Gasteiger charge is -2.24. The number of benzene rings is 1. The molecule has 1 amide bonds. The van der Waals surface area contributed by atoms with Gasteiger partial charge in [0.2, 0.25) is 5.91 Å². The number of hydrogen-bond donors (Lipinski definition) is 1. The zero-order valence-electron chi connectivity index (χ0n) is 12.7. The number of hydrogen-bond acceptors (Lipinski definition) is 3. The van der Waals surface area contributed by atoms with Crippen LogP contribution in [0.15, 0.2) is 24.3 Å². The van der Waals surface area contributed by atoms with Gasteiger partial charge in [0.15, 0.2) is 0 Å². The SMILES string of the molecule is COc1ccc(CCC(=O)N2CC3CCCNC3C2)cc1. The van der Waals surface area contributed by atoms with Gasteiger partial charge in [0.05, 0.1) is 7.11 Å². The Hall–Kier alpha value is -1.55. The van der Waals surface area contributed by atoms with Crippen LogP contribution in [0.4, 0.5) is 0 Å². The van der Waals surface area contributed by atoms with E-state index in [4.69, 9.17) is 4.74 Å². The quantitative estimate of drug-likeness (QED) is 0.919. The second-order valence-corrected chi connectivity index (χ2v) is 6.11. The molecule has 0 aromatic heterocycles. The van der Waals surface area contributed by atoms with Crippen molar-refractivity contribution in [2.75, 3.05) is 26.7 Å². The molecule has 0 aliphatic carbocycles. The maximum atomic E-state index is 12.4. The second kappa shape index (κ2) is 6.48. The second-order valence-electron chi connectivity index (χ2n) is 6.11. The maximum absolute atomic E-state index is 12.4. The molecule has 0 radical (unpaired) electrons. The fourth-order valence-corrected chi connectivity index (χ4v) is 3.45. The molecule has 2 fully saturated rings. The third-order valence-corrected chi connectivity index (χ3v) is 4.74. The number of nitrogens with one attached hydrogen (secondary N) is 1. The molecular weight excluding hydrogens is 264 g/mol. The first-order valence-electron chi connectivity index (χ1n) is 7.90. The lowest BCUT2D eigenvalue weighted by molar-refractivity contribution is -0.130. The summed E-state index contributed by atoms with van der Waals surface area (Å²) >= 11 is 0. The van der Waals surface area contributed by atoms with E-state index >= 15 is 0 Å². The van der Waals surface area contributed by atoms with Crippen LogP contribution in [-0.4, -0.2) is 43.6 Å². The van der Waals surface area contributed by atoms with Gasteiger partial charge in [0, 0.05) is 25.6 Å². The van der Waals surface area contributed by atoms with E-state index < -0.39 is 0 Å². The number of fused-ring (bicyclic) bond motifs is 1. The van der Waals surface area contributed by atoms with Gasteiger partial charge in [0.1, 0.15) is 5.75 Å². The van der Waals surface area contributed by atoms with Gasteiger partial charge in [0.25, 0.3) is 0 Å². The summed E-state index contributed by atoms with van der Waals surface area (Å²) in [6, 6.07) is 8.51. The van der Waals surface area contributed by atoms with E-state index in [2.05, 4.69) is 10.2 Å². The third-order valence-electron chi connectivity index (χ3n) is 4.74. The summed E-state index contributed by atoms with van der Waals surface area (Å²) in [5, 5.41) is 3.54. The normalized spacial score (nSPS) is 24.7. The Morgan fingerprint density at radius 3 is 2.86 bits per heavy atom. The van der Waals surface area contributed by atoms with Crippen LogP contribution in [0.5, 0.6) is 5.75 Å². The van der Waals surface area contributed by atoms with Crippen molar-refractivity contribution < 1.29 is 9.53 Å². The number of piperidine rings is 1. The van der Waals surface area contributed by atoms with E-state index in [-0.39, 0.29) is 0 Å². The van der Waals surface area contributed by atoms with Gasteiger partial charge in [-0.05, 0) is 49.4 Å². The molecule has 0 spiro atoms. The molecule has 0 bridgehead atoms. The number of carbonyl (C=O) groups excluding carboxylic acids is 1. The Labute approximate surface area is 126 Å². The average molecular weight is 288 g/mol. The molecule has 2 unspecified atom stereocenters. The van der Waals surface area contributed by atoms with Crippen LogP contribution in [0, 0.1) is 5.92 Å². The largest absolute Gasteiger partial charge is 0.497 e. The summed E-state index contributed by atoms with van der Waals surface area (Å²) in [4.78, 5) is 14.4. The Morgan fingerprint density at radius 2 is 2.14 bits per heavy atom. The van der Waals surface area contributed by atoms with Crippen LogP contribution in [-0.2, 0) is 11.2 Å². The first kappa shape index (κ1) is 14.4. The van der Waals surface area contributed by atoms with Crippen molar-refractivity contribution in [3.63, 3.8) is 0 Å². The molecule has 1 N–H and O–H groups in total. The highest BCUT2D eigenvalue weighted by Crippen LogP contribution is 2.25. The predicted molar refractivity (Wildman–Crippen MR) is 82.4 cm³/mol. The van der Waals surface area contributed by atoms with Crippen LogP contribution in [0.2, 0.25) is 0 Å². The van der Waals surface area contributed by atoms with Crippen molar-refractivity contribution in [1.82, 2.24) is 10.2 Å². The van der Waals surface area contributed by atoms with Crippen molar-refractivity contribution in [1.29, 1.82) is 0 Å². The summed E-state index contributed by atoms with van der Waals surface area (Å²) in [6.45, 7) is 2.94. The van der Waals surface area contributed by atoms with Gasteiger partial charge in [-0.15, -0.1) is 0 Å². The van der Waals surface area contributed by atoms with Crippen molar-refractivity contribution in [2.24, 2.45) is 5.92 Å². The highest BCUT2D eigenvalue weighted by atomic mass is 16.5. The predicted octanol–water partition coefficient (Wildman–Crippen LogP) is 1.84. The summed E-state index contributed by atoms with van der Waals surface area (Å²) in [5.41, 5.74) is 1.19. The van der Waals surface area contributed by atoms with Crippen molar-refractivity contribution in [3.8, 4) is 5.75 Å². The van der Waals surface area contributed by atoms with Crippen molar-refractivity contribution in [3.05, 3.63) is 29.8 Å². The van der Waals surface area contributed by atoms with Gasteiger partial charge in [-0.25, -0.2) is 0 Å². The molecule has 3 rings (SSSR count). The van der Waals surface area contributed by atoms with E-state index in [1.54, 1.807) is 7.11 Å². The summed E-state index contributed by atoms with van der Waals surface area (Å²) in [6.07, 6.45) is 3.92. The van der Waals surface area contributed by atoms with Crippen molar-refractivity contribution >= 4 is 5.91 Å². The smallest absolute Gasteiger partial charge is 0.222 e. The molecule has 2 aliphatic heterocycles. The van der Waals surface area contributed by atoms with Gasteiger partial charge in [-0.3, -0.25) is 4.79 Å². The Balaban J connectivity index is 1.49. The first-order chi connectivity index (χ1) is 10.3.